The minimum Gasteiger partial charge on any atom is -1.00 e. The fourth-order valence-corrected chi connectivity index (χ4v) is 3.03. The average molecular weight is 264 g/mol. The lowest BCUT2D eigenvalue weighted by atomic mass is 10.0. The van der Waals surface area contributed by atoms with Gasteiger partial charge in [0.05, 0.1) is 6.54 Å². The van der Waals surface area contributed by atoms with Crippen LogP contribution in [0.25, 0.3) is 0 Å². The third kappa shape index (κ3) is 3.50. The second-order valence-electron chi connectivity index (χ2n) is 3.49. The fraction of sp³-hybridized carbons (Fsp3) is 0.889. The number of rotatable bonds is 1. The molecule has 0 aromatic carbocycles. The number of hydrogen-bond acceptors (Lipinski definition) is 3. The van der Waals surface area contributed by atoms with Gasteiger partial charge >= 0.3 is 0 Å². The Morgan fingerprint density at radius 2 is 2.00 bits per heavy atom. The van der Waals surface area contributed by atoms with Gasteiger partial charge in [-0.2, -0.15) is 0 Å². The van der Waals surface area contributed by atoms with Crippen LogP contribution in [0.2, 0.25) is 0 Å². The Hall–Kier alpha value is 0.300. The number of amidine groups is 1. The van der Waals surface area contributed by atoms with Crippen molar-refractivity contribution in [2.75, 3.05) is 13.1 Å². The molecule has 0 amide bonds. The summed E-state index contributed by atoms with van der Waals surface area (Å²) in [6.45, 7) is 2.03. The molecule has 1 N–H and O–H groups in total. The molecule has 4 heteroatoms. The van der Waals surface area contributed by atoms with E-state index in [1.165, 1.54) is 37.3 Å². The highest BCUT2D eigenvalue weighted by molar-refractivity contribution is 8.14. The molecule has 0 radical (unpaired) electrons. The maximum Gasteiger partial charge on any atom is 0.156 e. The van der Waals surface area contributed by atoms with Gasteiger partial charge in [-0.05, 0) is 12.8 Å². The second-order valence-corrected chi connectivity index (χ2v) is 4.78. The van der Waals surface area contributed by atoms with Crippen LogP contribution in [0.15, 0.2) is 4.99 Å². The van der Waals surface area contributed by atoms with E-state index in [9.17, 15) is 0 Å². The van der Waals surface area contributed by atoms with Gasteiger partial charge in [0.15, 0.2) is 5.17 Å². The minimum atomic E-state index is 0. The number of nitrogens with zero attached hydrogens (tertiary/aromatic N) is 1. The van der Waals surface area contributed by atoms with Gasteiger partial charge in [0.1, 0.15) is 0 Å². The molecule has 0 aromatic heterocycles. The largest absolute Gasteiger partial charge is 1.00 e. The summed E-state index contributed by atoms with van der Waals surface area (Å²) >= 11 is 1.97. The van der Waals surface area contributed by atoms with Gasteiger partial charge in [-0.1, -0.05) is 31.0 Å². The van der Waals surface area contributed by atoms with Gasteiger partial charge in [-0.25, -0.2) is 0 Å². The van der Waals surface area contributed by atoms with E-state index >= 15 is 0 Å². The standard InChI is InChI=1S/C9H16N2S.BrH/c1-2-4-8(5-3-1)12-9-10-6-7-11-9;/h8H,1-7H2,(H,10,11);1H/p-1. The Balaban J connectivity index is 0.000000845. The number of hydrogen-bond donors (Lipinski definition) is 1. The summed E-state index contributed by atoms with van der Waals surface area (Å²) in [7, 11) is 0. The van der Waals surface area contributed by atoms with Crippen LogP contribution < -0.4 is 22.3 Å². The smallest absolute Gasteiger partial charge is 0.156 e. The predicted octanol–water partition coefficient (Wildman–Crippen LogP) is -0.984. The van der Waals surface area contributed by atoms with Crippen LogP contribution in [0, 0.1) is 0 Å². The Morgan fingerprint density at radius 1 is 1.23 bits per heavy atom. The Kier molecular flexibility index (Phi) is 5.17. The van der Waals surface area contributed by atoms with Crippen molar-refractivity contribution in [3.63, 3.8) is 0 Å². The van der Waals surface area contributed by atoms with Gasteiger partial charge in [0.2, 0.25) is 0 Å². The molecule has 1 saturated carbocycles. The van der Waals surface area contributed by atoms with Crippen molar-refractivity contribution < 1.29 is 17.0 Å². The van der Waals surface area contributed by atoms with E-state index in [-0.39, 0.29) is 17.0 Å². The number of aliphatic imine (C=N–C) groups is 1. The summed E-state index contributed by atoms with van der Waals surface area (Å²) in [4.78, 5) is 4.40. The van der Waals surface area contributed by atoms with Crippen LogP contribution in [0.3, 0.4) is 0 Å². The third-order valence-corrected chi connectivity index (χ3v) is 3.78. The van der Waals surface area contributed by atoms with E-state index in [4.69, 9.17) is 0 Å². The predicted molar refractivity (Wildman–Crippen MR) is 54.8 cm³/mol. The zero-order chi connectivity index (χ0) is 8.23. The molecule has 1 aliphatic carbocycles. The van der Waals surface area contributed by atoms with Crippen LogP contribution in [0.5, 0.6) is 0 Å². The molecule has 0 unspecified atom stereocenters. The molecule has 1 fully saturated rings. The Bertz CT molecular complexity index is 178. The molecule has 0 spiro atoms. The molecule has 0 aromatic rings. The zero-order valence-electron chi connectivity index (χ0n) is 7.76. The van der Waals surface area contributed by atoms with E-state index < -0.39 is 0 Å². The molecule has 76 valence electrons. The molecule has 0 atom stereocenters. The number of halogens is 1. The lowest BCUT2D eigenvalue weighted by Gasteiger charge is -2.20. The molecule has 0 bridgehead atoms. The number of nitrogens with one attached hydrogen (secondary N) is 1. The quantitative estimate of drug-likeness (QED) is 0.658. The van der Waals surface area contributed by atoms with E-state index in [1.807, 2.05) is 11.8 Å². The molecule has 1 aliphatic heterocycles. The minimum absolute atomic E-state index is 0. The van der Waals surface area contributed by atoms with Gasteiger partial charge < -0.3 is 22.3 Å². The highest BCUT2D eigenvalue weighted by atomic mass is 79.9. The highest BCUT2D eigenvalue weighted by Crippen LogP contribution is 2.28. The molecule has 2 aliphatic rings. The second kappa shape index (κ2) is 5.91. The lowest BCUT2D eigenvalue weighted by molar-refractivity contribution is -0.00000249. The molecule has 1 heterocycles. The Morgan fingerprint density at radius 3 is 2.62 bits per heavy atom. The van der Waals surface area contributed by atoms with E-state index in [0.29, 0.717) is 0 Å². The topological polar surface area (TPSA) is 24.4 Å². The van der Waals surface area contributed by atoms with E-state index in [1.54, 1.807) is 0 Å². The summed E-state index contributed by atoms with van der Waals surface area (Å²) in [6, 6.07) is 0. The highest BCUT2D eigenvalue weighted by Gasteiger charge is 2.17. The molecular formula is C9H16BrN2S-. The maximum absolute atomic E-state index is 4.40. The fourth-order valence-electron chi connectivity index (χ4n) is 1.80. The first-order valence-electron chi connectivity index (χ1n) is 4.90. The molecule has 13 heavy (non-hydrogen) atoms. The van der Waals surface area contributed by atoms with Crippen molar-refractivity contribution in [3.8, 4) is 0 Å². The first kappa shape index (κ1) is 11.4. The normalized spacial score (nSPS) is 23.2. The summed E-state index contributed by atoms with van der Waals surface area (Å²) < 4.78 is 0. The lowest BCUT2D eigenvalue weighted by Crippen LogP contribution is -3.00. The van der Waals surface area contributed by atoms with Crippen molar-refractivity contribution in [2.24, 2.45) is 4.99 Å². The van der Waals surface area contributed by atoms with Crippen molar-refractivity contribution in [1.82, 2.24) is 5.32 Å². The van der Waals surface area contributed by atoms with Gasteiger partial charge in [-0.3, -0.25) is 4.99 Å². The maximum atomic E-state index is 4.40. The number of thioether (sulfide) groups is 1. The monoisotopic (exact) mass is 263 g/mol. The van der Waals surface area contributed by atoms with E-state index in [0.717, 1.165) is 18.3 Å². The van der Waals surface area contributed by atoms with Crippen LogP contribution in [0.1, 0.15) is 32.1 Å². The summed E-state index contributed by atoms with van der Waals surface area (Å²) in [6.07, 6.45) is 7.07. The van der Waals surface area contributed by atoms with Crippen LogP contribution in [-0.2, 0) is 0 Å². The van der Waals surface area contributed by atoms with E-state index in [2.05, 4.69) is 10.3 Å². The van der Waals surface area contributed by atoms with Crippen molar-refractivity contribution in [3.05, 3.63) is 0 Å². The molecule has 2 nitrogen and oxygen atoms in total. The van der Waals surface area contributed by atoms with Crippen LogP contribution in [0.4, 0.5) is 0 Å². The molecule has 2 rings (SSSR count). The van der Waals surface area contributed by atoms with Gasteiger partial charge in [0, 0.05) is 11.8 Å². The first-order valence-corrected chi connectivity index (χ1v) is 5.78. The summed E-state index contributed by atoms with van der Waals surface area (Å²) in [5, 5.41) is 5.36. The molecule has 0 saturated heterocycles. The first-order chi connectivity index (χ1) is 5.95. The average Bonchev–Trinajstić information content (AvgIpc) is 2.59. The Labute approximate surface area is 94.7 Å². The van der Waals surface area contributed by atoms with Crippen molar-refractivity contribution >= 4 is 16.9 Å². The van der Waals surface area contributed by atoms with Crippen LogP contribution >= 0.6 is 11.8 Å². The SMILES string of the molecule is C1CCC(SC2=NCCN2)CC1.[Br-]. The van der Waals surface area contributed by atoms with Crippen molar-refractivity contribution in [1.29, 1.82) is 0 Å². The zero-order valence-corrected chi connectivity index (χ0v) is 10.2. The summed E-state index contributed by atoms with van der Waals surface area (Å²) in [5.74, 6) is 0. The third-order valence-electron chi connectivity index (χ3n) is 2.47. The van der Waals surface area contributed by atoms with Crippen molar-refractivity contribution in [2.45, 2.75) is 37.4 Å². The van der Waals surface area contributed by atoms with Gasteiger partial charge in [0.25, 0.3) is 0 Å². The summed E-state index contributed by atoms with van der Waals surface area (Å²) in [5.41, 5.74) is 0. The molecular weight excluding hydrogens is 248 g/mol. The van der Waals surface area contributed by atoms with Gasteiger partial charge in [-0.15, -0.1) is 0 Å². The van der Waals surface area contributed by atoms with Crippen LogP contribution in [-0.4, -0.2) is 23.5 Å².